The van der Waals surface area contributed by atoms with E-state index in [1.54, 1.807) is 6.08 Å². The van der Waals surface area contributed by atoms with Crippen LogP contribution in [0.2, 0.25) is 0 Å². The summed E-state index contributed by atoms with van der Waals surface area (Å²) in [5.41, 5.74) is 1.35. The van der Waals surface area contributed by atoms with E-state index in [9.17, 15) is 0 Å². The Morgan fingerprint density at radius 3 is 2.36 bits per heavy atom. The maximum absolute atomic E-state index is 5.25. The van der Waals surface area contributed by atoms with Gasteiger partial charge in [-0.25, -0.2) is 0 Å². The Hall–Kier alpha value is 0.596. The molecule has 0 aliphatic carbocycles. The van der Waals surface area contributed by atoms with Crippen LogP contribution in [0.1, 0.15) is 12.0 Å². The number of hydrogen-bond acceptors (Lipinski definition) is 0. The van der Waals surface area contributed by atoms with Crippen LogP contribution in [0.15, 0.2) is 36.4 Å². The molecule has 0 radical (unpaired) electrons. The predicted molar refractivity (Wildman–Crippen MR) is 43.6 cm³/mol. The zero-order valence-corrected chi connectivity index (χ0v) is 10.1. The molecular weight excluding hydrogens is 159 g/mol. The van der Waals surface area contributed by atoms with Crippen LogP contribution in [-0.2, 0) is 6.42 Å². The summed E-state index contributed by atoms with van der Waals surface area (Å²) < 4.78 is 0. The molecule has 0 atom stereocenters. The van der Waals surface area contributed by atoms with Crippen molar-refractivity contribution in [1.29, 1.82) is 0 Å². The second-order valence-corrected chi connectivity index (χ2v) is 2.26. The van der Waals surface area contributed by atoms with Crippen molar-refractivity contribution in [2.24, 2.45) is 0 Å². The molecule has 1 rings (SSSR count). The third kappa shape index (κ3) is 4.94. The maximum atomic E-state index is 5.25. The Kier molecular flexibility index (Phi) is 7.65. The van der Waals surface area contributed by atoms with E-state index in [-0.39, 0.29) is 51.4 Å². The van der Waals surface area contributed by atoms with Crippen LogP contribution in [0, 0.1) is 6.58 Å². The molecule has 0 unspecified atom stereocenters. The number of aryl methyl sites for hydroxylation is 1. The SMILES string of the molecule is [CH-]=CCCc1ccccc1.[K+]. The number of allylic oxidation sites excluding steroid dienone is 1. The van der Waals surface area contributed by atoms with Crippen LogP contribution >= 0.6 is 0 Å². The molecule has 52 valence electrons. The van der Waals surface area contributed by atoms with E-state index in [0.717, 1.165) is 12.8 Å². The fourth-order valence-electron chi connectivity index (χ4n) is 0.895. The van der Waals surface area contributed by atoms with Crippen molar-refractivity contribution in [2.45, 2.75) is 12.8 Å². The van der Waals surface area contributed by atoms with Gasteiger partial charge in [0.15, 0.2) is 0 Å². The van der Waals surface area contributed by atoms with Crippen LogP contribution in [0.3, 0.4) is 0 Å². The van der Waals surface area contributed by atoms with E-state index in [0.29, 0.717) is 0 Å². The van der Waals surface area contributed by atoms with Gasteiger partial charge in [-0.2, -0.15) is 0 Å². The predicted octanol–water partition coefficient (Wildman–Crippen LogP) is -0.388. The van der Waals surface area contributed by atoms with E-state index in [2.05, 4.69) is 12.1 Å². The molecule has 0 bridgehead atoms. The van der Waals surface area contributed by atoms with Gasteiger partial charge in [0.1, 0.15) is 0 Å². The van der Waals surface area contributed by atoms with Crippen molar-refractivity contribution in [2.75, 3.05) is 0 Å². The minimum Gasteiger partial charge on any atom is -0.518 e. The van der Waals surface area contributed by atoms with Gasteiger partial charge in [0.05, 0.1) is 0 Å². The Morgan fingerprint density at radius 1 is 1.18 bits per heavy atom. The Bertz CT molecular complexity index is 191. The van der Waals surface area contributed by atoms with Crippen molar-refractivity contribution in [3.05, 3.63) is 48.6 Å². The summed E-state index contributed by atoms with van der Waals surface area (Å²) in [5, 5.41) is 0. The van der Waals surface area contributed by atoms with Gasteiger partial charge in [0.25, 0.3) is 0 Å². The van der Waals surface area contributed by atoms with Crippen molar-refractivity contribution >= 4 is 0 Å². The fraction of sp³-hybridized carbons (Fsp3) is 0.200. The average molecular weight is 170 g/mol. The number of hydrogen-bond donors (Lipinski definition) is 0. The van der Waals surface area contributed by atoms with Crippen LogP contribution in [-0.4, -0.2) is 0 Å². The molecule has 1 aromatic rings. The molecule has 1 heteroatoms. The Labute approximate surface area is 111 Å². The smallest absolute Gasteiger partial charge is 0.518 e. The molecule has 0 heterocycles. The van der Waals surface area contributed by atoms with Crippen molar-refractivity contribution in [1.82, 2.24) is 0 Å². The van der Waals surface area contributed by atoms with E-state index in [4.69, 9.17) is 6.58 Å². The van der Waals surface area contributed by atoms with Crippen molar-refractivity contribution in [3.8, 4) is 0 Å². The van der Waals surface area contributed by atoms with Gasteiger partial charge < -0.3 is 6.58 Å². The molecular formula is C10H11K. The summed E-state index contributed by atoms with van der Waals surface area (Å²) in [4.78, 5) is 0. The largest absolute Gasteiger partial charge is 1.00 e. The monoisotopic (exact) mass is 170 g/mol. The van der Waals surface area contributed by atoms with Gasteiger partial charge in [-0.3, -0.25) is 6.08 Å². The van der Waals surface area contributed by atoms with Crippen LogP contribution in [0.5, 0.6) is 0 Å². The van der Waals surface area contributed by atoms with Gasteiger partial charge in [0.2, 0.25) is 0 Å². The average Bonchev–Trinajstić information content (AvgIpc) is 2.03. The molecule has 0 nitrogen and oxygen atoms in total. The van der Waals surface area contributed by atoms with Crippen LogP contribution in [0.25, 0.3) is 0 Å². The first-order valence-electron chi connectivity index (χ1n) is 3.51. The maximum Gasteiger partial charge on any atom is 1.00 e. The van der Waals surface area contributed by atoms with Gasteiger partial charge in [-0.15, -0.1) is 0 Å². The molecule has 0 spiro atoms. The minimum atomic E-state index is 0. The topological polar surface area (TPSA) is 0 Å². The van der Waals surface area contributed by atoms with E-state index >= 15 is 0 Å². The molecule has 0 aromatic heterocycles. The first-order valence-corrected chi connectivity index (χ1v) is 3.51. The zero-order valence-electron chi connectivity index (χ0n) is 6.96. The third-order valence-electron chi connectivity index (χ3n) is 1.44. The van der Waals surface area contributed by atoms with Gasteiger partial charge in [-0.05, 0) is 12.0 Å². The molecule has 0 aliphatic rings. The minimum absolute atomic E-state index is 0. The standard InChI is InChI=1S/C10H11.K/c1-2-3-7-10-8-5-4-6-9-10;/h1-2,4-6,8-9H,3,7H2;/q-1;+1. The normalized spacial score (nSPS) is 8.36. The Morgan fingerprint density at radius 2 is 1.82 bits per heavy atom. The number of rotatable bonds is 3. The molecule has 0 fully saturated rings. The second-order valence-electron chi connectivity index (χ2n) is 2.26. The van der Waals surface area contributed by atoms with Crippen LogP contribution in [0.4, 0.5) is 0 Å². The van der Waals surface area contributed by atoms with Crippen molar-refractivity contribution in [3.63, 3.8) is 0 Å². The molecule has 11 heavy (non-hydrogen) atoms. The van der Waals surface area contributed by atoms with E-state index < -0.39 is 0 Å². The zero-order chi connectivity index (χ0) is 7.23. The third-order valence-corrected chi connectivity index (χ3v) is 1.44. The molecule has 0 saturated heterocycles. The first-order chi connectivity index (χ1) is 4.93. The first kappa shape index (κ1) is 11.6. The molecule has 1 aromatic carbocycles. The summed E-state index contributed by atoms with van der Waals surface area (Å²) >= 11 is 0. The van der Waals surface area contributed by atoms with Crippen LogP contribution < -0.4 is 51.4 Å². The van der Waals surface area contributed by atoms with Crippen molar-refractivity contribution < 1.29 is 51.4 Å². The molecule has 0 amide bonds. The second kappa shape index (κ2) is 7.26. The van der Waals surface area contributed by atoms with E-state index in [1.165, 1.54) is 5.56 Å². The summed E-state index contributed by atoms with van der Waals surface area (Å²) in [7, 11) is 0. The van der Waals surface area contributed by atoms with Gasteiger partial charge in [0, 0.05) is 0 Å². The summed E-state index contributed by atoms with van der Waals surface area (Å²) in [6, 6.07) is 10.3. The Balaban J connectivity index is 0.000001000. The summed E-state index contributed by atoms with van der Waals surface area (Å²) in [5.74, 6) is 0. The van der Waals surface area contributed by atoms with Gasteiger partial charge >= 0.3 is 51.4 Å². The van der Waals surface area contributed by atoms with Gasteiger partial charge in [-0.1, -0.05) is 36.8 Å². The molecule has 0 aliphatic heterocycles. The molecule has 0 N–H and O–H groups in total. The molecule has 0 saturated carbocycles. The number of benzene rings is 1. The fourth-order valence-corrected chi connectivity index (χ4v) is 0.895. The quantitative estimate of drug-likeness (QED) is 0.428. The van der Waals surface area contributed by atoms with E-state index in [1.807, 2.05) is 18.2 Å². The summed E-state index contributed by atoms with van der Waals surface area (Å²) in [6.45, 7) is 5.25. The summed E-state index contributed by atoms with van der Waals surface area (Å²) in [6.07, 6.45) is 3.72.